The number of benzene rings is 3. The lowest BCUT2D eigenvalue weighted by Gasteiger charge is -2.34. The molecule has 2 amide bonds. The van der Waals surface area contributed by atoms with Crippen LogP contribution in [-0.4, -0.2) is 54.3 Å². The molecule has 2 N–H and O–H groups in total. The average molecular weight is 475 g/mol. The summed E-state index contributed by atoms with van der Waals surface area (Å²) < 4.78 is 14.0. The number of carbonyl (C=O) groups is 2. The number of amides is 2. The van der Waals surface area contributed by atoms with Gasteiger partial charge in [0.15, 0.2) is 0 Å². The highest BCUT2D eigenvalue weighted by molar-refractivity contribution is 6.07. The smallest absolute Gasteiger partial charge is 0.258 e. The van der Waals surface area contributed by atoms with E-state index >= 15 is 0 Å². The lowest BCUT2D eigenvalue weighted by Crippen LogP contribution is -2.45. The van der Waals surface area contributed by atoms with Crippen LogP contribution in [0.5, 0.6) is 0 Å². The summed E-state index contributed by atoms with van der Waals surface area (Å²) in [4.78, 5) is 30.3. The zero-order chi connectivity index (χ0) is 24.8. The second-order valence-electron chi connectivity index (χ2n) is 8.83. The molecule has 35 heavy (non-hydrogen) atoms. The molecule has 1 heterocycles. The molecule has 1 fully saturated rings. The molecule has 1 aliphatic rings. The molecule has 0 bridgehead atoms. The lowest BCUT2D eigenvalue weighted by atomic mass is 10.1. The highest BCUT2D eigenvalue weighted by atomic mass is 19.1. The second kappa shape index (κ2) is 11.3. The van der Waals surface area contributed by atoms with Gasteiger partial charge in [0.2, 0.25) is 0 Å². The average Bonchev–Trinajstić information content (AvgIpc) is 2.87. The quantitative estimate of drug-likeness (QED) is 0.518. The summed E-state index contributed by atoms with van der Waals surface area (Å²) in [6.45, 7) is 10.3. The number of halogens is 1. The van der Waals surface area contributed by atoms with Crippen molar-refractivity contribution in [3.05, 3.63) is 94.8 Å². The van der Waals surface area contributed by atoms with Crippen LogP contribution >= 0.6 is 0 Å². The first-order valence-electron chi connectivity index (χ1n) is 11.9. The Kier molecular flexibility index (Phi) is 7.90. The Hall–Kier alpha value is -3.55. The third-order valence-electron chi connectivity index (χ3n) is 6.40. The van der Waals surface area contributed by atoms with Gasteiger partial charge < -0.3 is 15.5 Å². The van der Waals surface area contributed by atoms with Crippen LogP contribution in [0.3, 0.4) is 0 Å². The Morgan fingerprint density at radius 1 is 0.857 bits per heavy atom. The number of anilines is 2. The minimum absolute atomic E-state index is 0.0471. The molecule has 1 aliphatic heterocycles. The summed E-state index contributed by atoms with van der Waals surface area (Å²) in [5.74, 6) is -1.44. The van der Waals surface area contributed by atoms with E-state index in [1.54, 1.807) is 24.3 Å². The van der Waals surface area contributed by atoms with Crippen molar-refractivity contribution in [3.63, 3.8) is 0 Å². The van der Waals surface area contributed by atoms with Crippen LogP contribution in [0.25, 0.3) is 0 Å². The molecule has 0 unspecified atom stereocenters. The summed E-state index contributed by atoms with van der Waals surface area (Å²) >= 11 is 0. The number of nitrogens with zero attached hydrogens (tertiary/aromatic N) is 2. The first-order chi connectivity index (χ1) is 16.9. The largest absolute Gasteiger partial charge is 0.322 e. The predicted molar refractivity (Wildman–Crippen MR) is 137 cm³/mol. The maximum atomic E-state index is 14.0. The molecule has 0 spiro atoms. The van der Waals surface area contributed by atoms with Crippen LogP contribution in [0.15, 0.2) is 66.7 Å². The van der Waals surface area contributed by atoms with Crippen molar-refractivity contribution >= 4 is 23.2 Å². The van der Waals surface area contributed by atoms with Gasteiger partial charge in [0.1, 0.15) is 5.82 Å². The number of carbonyl (C=O) groups excluding carboxylic acids is 2. The van der Waals surface area contributed by atoms with Crippen LogP contribution in [0.2, 0.25) is 0 Å². The Morgan fingerprint density at radius 2 is 1.54 bits per heavy atom. The number of hydrogen-bond donors (Lipinski definition) is 2. The summed E-state index contributed by atoms with van der Waals surface area (Å²) in [6.07, 6.45) is 0. The van der Waals surface area contributed by atoms with Crippen LogP contribution < -0.4 is 10.6 Å². The van der Waals surface area contributed by atoms with Crippen LogP contribution in [0, 0.1) is 12.7 Å². The molecule has 3 aromatic carbocycles. The summed E-state index contributed by atoms with van der Waals surface area (Å²) in [5.41, 5.74) is 3.50. The molecule has 0 radical (unpaired) electrons. The molecule has 1 saturated heterocycles. The van der Waals surface area contributed by atoms with Gasteiger partial charge in [-0.3, -0.25) is 14.5 Å². The fourth-order valence-electron chi connectivity index (χ4n) is 4.15. The zero-order valence-electron chi connectivity index (χ0n) is 20.2. The van der Waals surface area contributed by atoms with E-state index in [2.05, 4.69) is 27.4 Å². The van der Waals surface area contributed by atoms with Crippen molar-refractivity contribution in [1.29, 1.82) is 0 Å². The Balaban J connectivity index is 1.37. The first-order valence-corrected chi connectivity index (χ1v) is 11.9. The van der Waals surface area contributed by atoms with Crippen LogP contribution in [0.4, 0.5) is 15.8 Å². The summed E-state index contributed by atoms with van der Waals surface area (Å²) in [6, 6.07) is 18.8. The summed E-state index contributed by atoms with van der Waals surface area (Å²) in [7, 11) is 0. The molecular weight excluding hydrogens is 443 g/mol. The normalized spacial score (nSPS) is 14.5. The van der Waals surface area contributed by atoms with Gasteiger partial charge in [-0.2, -0.15) is 0 Å². The van der Waals surface area contributed by atoms with E-state index in [1.807, 2.05) is 31.2 Å². The fraction of sp³-hybridized carbons (Fsp3) is 0.286. The van der Waals surface area contributed by atoms with Crippen molar-refractivity contribution in [3.8, 4) is 0 Å². The maximum Gasteiger partial charge on any atom is 0.258 e. The van der Waals surface area contributed by atoms with Crippen molar-refractivity contribution in [2.24, 2.45) is 0 Å². The summed E-state index contributed by atoms with van der Waals surface area (Å²) in [5, 5.41) is 5.62. The van der Waals surface area contributed by atoms with Gasteiger partial charge in [-0.1, -0.05) is 37.3 Å². The molecule has 182 valence electrons. The number of aryl methyl sites for hydroxylation is 1. The number of likely N-dealkylation sites (N-methyl/N-ethyl adjacent to an activating group) is 1. The van der Waals surface area contributed by atoms with Crippen molar-refractivity contribution in [2.75, 3.05) is 43.4 Å². The topological polar surface area (TPSA) is 64.7 Å². The van der Waals surface area contributed by atoms with E-state index in [0.717, 1.165) is 44.8 Å². The Morgan fingerprint density at radius 3 is 2.23 bits per heavy atom. The third kappa shape index (κ3) is 6.32. The van der Waals surface area contributed by atoms with Gasteiger partial charge in [0.05, 0.1) is 5.56 Å². The van der Waals surface area contributed by atoms with E-state index in [-0.39, 0.29) is 11.5 Å². The van der Waals surface area contributed by atoms with Gasteiger partial charge in [-0.25, -0.2) is 4.39 Å². The minimum Gasteiger partial charge on any atom is -0.322 e. The maximum absolute atomic E-state index is 14.0. The minimum atomic E-state index is -0.594. The van der Waals surface area contributed by atoms with Gasteiger partial charge >= 0.3 is 0 Å². The first kappa shape index (κ1) is 24.6. The van der Waals surface area contributed by atoms with E-state index < -0.39 is 11.7 Å². The van der Waals surface area contributed by atoms with Gasteiger partial charge in [0.25, 0.3) is 11.8 Å². The Bertz CT molecular complexity index is 1190. The van der Waals surface area contributed by atoms with E-state index in [4.69, 9.17) is 0 Å². The molecular formula is C28H31FN4O2. The van der Waals surface area contributed by atoms with Crippen molar-refractivity contribution < 1.29 is 14.0 Å². The molecule has 4 rings (SSSR count). The lowest BCUT2D eigenvalue weighted by molar-refractivity contribution is 0.101. The highest BCUT2D eigenvalue weighted by Crippen LogP contribution is 2.20. The molecule has 7 heteroatoms. The van der Waals surface area contributed by atoms with E-state index in [1.165, 1.54) is 23.8 Å². The highest BCUT2D eigenvalue weighted by Gasteiger charge is 2.16. The SMILES string of the molecule is CCN1CCN(Cc2ccc(NC(=O)c3ccc(C)c(NC(=O)c4ccccc4F)c3)cc2)CC1. The van der Waals surface area contributed by atoms with E-state index in [9.17, 15) is 14.0 Å². The molecule has 0 aliphatic carbocycles. The predicted octanol–water partition coefficient (Wildman–Crippen LogP) is 4.78. The number of rotatable bonds is 7. The standard InChI is InChI=1S/C28H31FN4O2/c1-3-32-14-16-33(17-15-32)19-21-9-12-23(13-10-21)30-27(34)22-11-8-20(2)26(18-22)31-28(35)24-6-4-5-7-25(24)29/h4-13,18H,3,14-17,19H2,1-2H3,(H,30,34)(H,31,35). The monoisotopic (exact) mass is 474 g/mol. The number of nitrogens with one attached hydrogen (secondary N) is 2. The van der Waals surface area contributed by atoms with Gasteiger partial charge in [0, 0.05) is 49.7 Å². The molecule has 3 aromatic rings. The van der Waals surface area contributed by atoms with Gasteiger partial charge in [-0.15, -0.1) is 0 Å². The third-order valence-corrected chi connectivity index (χ3v) is 6.40. The molecule has 6 nitrogen and oxygen atoms in total. The number of hydrogen-bond acceptors (Lipinski definition) is 4. The van der Waals surface area contributed by atoms with Crippen LogP contribution in [0.1, 0.15) is 38.8 Å². The van der Waals surface area contributed by atoms with Crippen LogP contribution in [-0.2, 0) is 6.54 Å². The number of piperazine rings is 1. The molecule has 0 saturated carbocycles. The fourth-order valence-corrected chi connectivity index (χ4v) is 4.15. The van der Waals surface area contributed by atoms with Gasteiger partial charge in [-0.05, 0) is 61.0 Å². The van der Waals surface area contributed by atoms with Crippen molar-refractivity contribution in [2.45, 2.75) is 20.4 Å². The Labute approximate surface area is 205 Å². The van der Waals surface area contributed by atoms with E-state index in [0.29, 0.717) is 16.9 Å². The van der Waals surface area contributed by atoms with Crippen molar-refractivity contribution in [1.82, 2.24) is 9.80 Å². The molecule has 0 aromatic heterocycles. The second-order valence-corrected chi connectivity index (χ2v) is 8.83. The zero-order valence-corrected chi connectivity index (χ0v) is 20.2. The molecule has 0 atom stereocenters.